The van der Waals surface area contributed by atoms with Crippen LogP contribution in [0.5, 0.6) is 0 Å². The molecule has 0 aliphatic rings. The largest absolute Gasteiger partial charge is 0.449 e. The number of allylic oxidation sites excluding steroid dienone is 1. The van der Waals surface area contributed by atoms with Crippen LogP contribution < -0.4 is 5.32 Å². The second kappa shape index (κ2) is 7.48. The van der Waals surface area contributed by atoms with Gasteiger partial charge in [-0.2, -0.15) is 13.2 Å². The first-order valence-electron chi connectivity index (χ1n) is 6.15. The Morgan fingerprint density at radius 2 is 2.00 bits per heavy atom. The van der Waals surface area contributed by atoms with Crippen molar-refractivity contribution in [2.24, 2.45) is 0 Å². The molecule has 1 N–H and O–H groups in total. The molecule has 5 nitrogen and oxygen atoms in total. The van der Waals surface area contributed by atoms with Crippen LogP contribution in [-0.4, -0.2) is 18.7 Å². The standard InChI is InChI=1S/C14H14F3NO4/c1-9(2)22-12(19)6-7-21-13(20)18-11-5-3-4-10(8-11)14(15,16)17/h3-5,8H,1,6-7H2,2H3,(H,18,20). The number of nitrogens with one attached hydrogen (secondary N) is 1. The number of hydrogen-bond acceptors (Lipinski definition) is 4. The molecule has 0 unspecified atom stereocenters. The second-order valence-corrected chi connectivity index (χ2v) is 4.27. The van der Waals surface area contributed by atoms with Gasteiger partial charge in [0.05, 0.1) is 17.7 Å². The van der Waals surface area contributed by atoms with Crippen molar-refractivity contribution in [3.05, 3.63) is 42.2 Å². The monoisotopic (exact) mass is 317 g/mol. The summed E-state index contributed by atoms with van der Waals surface area (Å²) in [5, 5.41) is 2.14. The Morgan fingerprint density at radius 3 is 2.59 bits per heavy atom. The van der Waals surface area contributed by atoms with Crippen LogP contribution in [0.15, 0.2) is 36.6 Å². The normalized spacial score (nSPS) is 10.7. The van der Waals surface area contributed by atoms with Gasteiger partial charge < -0.3 is 9.47 Å². The summed E-state index contributed by atoms with van der Waals surface area (Å²) in [4.78, 5) is 22.5. The fourth-order valence-corrected chi connectivity index (χ4v) is 1.40. The number of benzene rings is 1. The van der Waals surface area contributed by atoms with Crippen LogP contribution in [0.3, 0.4) is 0 Å². The van der Waals surface area contributed by atoms with Gasteiger partial charge in [-0.1, -0.05) is 12.6 Å². The topological polar surface area (TPSA) is 64.6 Å². The number of alkyl halides is 3. The number of carbonyl (C=O) groups is 2. The third-order valence-electron chi connectivity index (χ3n) is 2.26. The van der Waals surface area contributed by atoms with Crippen molar-refractivity contribution in [3.63, 3.8) is 0 Å². The highest BCUT2D eigenvalue weighted by atomic mass is 19.4. The maximum Gasteiger partial charge on any atom is 0.416 e. The lowest BCUT2D eigenvalue weighted by Crippen LogP contribution is -2.17. The molecule has 0 spiro atoms. The average Bonchev–Trinajstić information content (AvgIpc) is 2.37. The fourth-order valence-electron chi connectivity index (χ4n) is 1.40. The zero-order chi connectivity index (χ0) is 16.8. The Morgan fingerprint density at radius 1 is 1.32 bits per heavy atom. The van der Waals surface area contributed by atoms with E-state index in [0.717, 1.165) is 18.2 Å². The van der Waals surface area contributed by atoms with Gasteiger partial charge in [0.25, 0.3) is 0 Å². The number of halogens is 3. The predicted octanol–water partition coefficient (Wildman–Crippen LogP) is 3.72. The van der Waals surface area contributed by atoms with Crippen molar-refractivity contribution >= 4 is 17.7 Å². The lowest BCUT2D eigenvalue weighted by atomic mass is 10.2. The van der Waals surface area contributed by atoms with Gasteiger partial charge in [-0.15, -0.1) is 0 Å². The van der Waals surface area contributed by atoms with Crippen molar-refractivity contribution in [1.29, 1.82) is 0 Å². The van der Waals surface area contributed by atoms with E-state index in [-0.39, 0.29) is 24.5 Å². The Kier molecular flexibility index (Phi) is 5.97. The smallest absolute Gasteiger partial charge is 0.416 e. The first-order chi connectivity index (χ1) is 10.2. The van der Waals surface area contributed by atoms with Crippen molar-refractivity contribution in [2.75, 3.05) is 11.9 Å². The minimum absolute atomic E-state index is 0.0654. The minimum atomic E-state index is -4.51. The summed E-state index contributed by atoms with van der Waals surface area (Å²) in [5.41, 5.74) is -0.959. The third-order valence-corrected chi connectivity index (χ3v) is 2.26. The zero-order valence-electron chi connectivity index (χ0n) is 11.7. The number of ether oxygens (including phenoxy) is 2. The molecule has 0 saturated carbocycles. The van der Waals surface area contributed by atoms with Crippen molar-refractivity contribution in [2.45, 2.75) is 19.5 Å². The molecule has 1 rings (SSSR count). The Balaban J connectivity index is 2.46. The van der Waals surface area contributed by atoms with E-state index in [1.165, 1.54) is 13.0 Å². The first-order valence-corrected chi connectivity index (χ1v) is 6.15. The molecule has 0 radical (unpaired) electrons. The van der Waals surface area contributed by atoms with Gasteiger partial charge in [-0.3, -0.25) is 10.1 Å². The van der Waals surface area contributed by atoms with E-state index in [0.29, 0.717) is 0 Å². The molecule has 8 heteroatoms. The van der Waals surface area contributed by atoms with E-state index in [1.807, 2.05) is 0 Å². The number of esters is 1. The van der Waals surface area contributed by atoms with E-state index < -0.39 is 23.8 Å². The van der Waals surface area contributed by atoms with Crippen LogP contribution in [0.1, 0.15) is 18.9 Å². The van der Waals surface area contributed by atoms with E-state index >= 15 is 0 Å². The number of anilines is 1. The highest BCUT2D eigenvalue weighted by Crippen LogP contribution is 2.30. The number of hydrogen-bond donors (Lipinski definition) is 1. The van der Waals surface area contributed by atoms with E-state index in [4.69, 9.17) is 0 Å². The number of amides is 1. The Labute approximate surface area is 124 Å². The third kappa shape index (κ3) is 6.29. The second-order valence-electron chi connectivity index (χ2n) is 4.27. The van der Waals surface area contributed by atoms with Gasteiger partial charge >= 0.3 is 18.2 Å². The van der Waals surface area contributed by atoms with Crippen molar-refractivity contribution < 1.29 is 32.2 Å². The Hall–Kier alpha value is -2.51. The molecule has 22 heavy (non-hydrogen) atoms. The summed E-state index contributed by atoms with van der Waals surface area (Å²) in [6.45, 7) is 4.59. The fraction of sp³-hybridized carbons (Fsp3) is 0.286. The molecule has 0 aliphatic carbocycles. The molecular formula is C14H14F3NO4. The highest BCUT2D eigenvalue weighted by molar-refractivity contribution is 5.84. The maximum atomic E-state index is 12.5. The van der Waals surface area contributed by atoms with Gasteiger partial charge in [0, 0.05) is 5.69 Å². The van der Waals surface area contributed by atoms with E-state index in [9.17, 15) is 22.8 Å². The van der Waals surface area contributed by atoms with Crippen LogP contribution in [0.4, 0.5) is 23.7 Å². The van der Waals surface area contributed by atoms with Gasteiger partial charge in [0.15, 0.2) is 0 Å². The molecule has 0 aromatic heterocycles. The molecule has 1 amide bonds. The molecule has 0 fully saturated rings. The molecule has 0 saturated heterocycles. The van der Waals surface area contributed by atoms with Gasteiger partial charge in [0.2, 0.25) is 0 Å². The zero-order valence-corrected chi connectivity index (χ0v) is 11.7. The predicted molar refractivity (Wildman–Crippen MR) is 71.9 cm³/mol. The SMILES string of the molecule is C=C(C)OC(=O)CCOC(=O)Nc1cccc(C(F)(F)F)c1. The molecule has 0 atom stereocenters. The highest BCUT2D eigenvalue weighted by Gasteiger charge is 2.30. The van der Waals surface area contributed by atoms with Gasteiger partial charge in [-0.25, -0.2) is 4.79 Å². The van der Waals surface area contributed by atoms with Gasteiger partial charge in [-0.05, 0) is 25.1 Å². The number of rotatable bonds is 5. The van der Waals surface area contributed by atoms with Crippen LogP contribution in [0.2, 0.25) is 0 Å². The van der Waals surface area contributed by atoms with Crippen LogP contribution >= 0.6 is 0 Å². The summed E-state index contributed by atoms with van der Waals surface area (Å²) in [7, 11) is 0. The van der Waals surface area contributed by atoms with Crippen molar-refractivity contribution in [1.82, 2.24) is 0 Å². The van der Waals surface area contributed by atoms with Gasteiger partial charge in [0.1, 0.15) is 6.61 Å². The summed E-state index contributed by atoms with van der Waals surface area (Å²) in [6, 6.07) is 4.09. The maximum absolute atomic E-state index is 12.5. The quantitative estimate of drug-likeness (QED) is 0.664. The lowest BCUT2D eigenvalue weighted by molar-refractivity contribution is -0.140. The van der Waals surface area contributed by atoms with E-state index in [1.54, 1.807) is 0 Å². The van der Waals surface area contributed by atoms with E-state index in [2.05, 4.69) is 21.4 Å². The molecule has 1 aromatic rings. The lowest BCUT2D eigenvalue weighted by Gasteiger charge is -2.10. The van der Waals surface area contributed by atoms with Crippen LogP contribution in [0, 0.1) is 0 Å². The molecule has 0 bridgehead atoms. The summed E-state index contributed by atoms with van der Waals surface area (Å²) in [6.07, 6.45) is -5.67. The number of carbonyl (C=O) groups excluding carboxylic acids is 2. The summed E-state index contributed by atoms with van der Waals surface area (Å²) in [5.74, 6) is -0.419. The first kappa shape index (κ1) is 17.5. The minimum Gasteiger partial charge on any atom is -0.449 e. The molecule has 0 heterocycles. The Bertz CT molecular complexity index is 569. The van der Waals surface area contributed by atoms with Crippen LogP contribution in [-0.2, 0) is 20.4 Å². The molecule has 120 valence electrons. The average molecular weight is 317 g/mol. The van der Waals surface area contributed by atoms with Crippen LogP contribution in [0.25, 0.3) is 0 Å². The molecular weight excluding hydrogens is 303 g/mol. The molecule has 1 aromatic carbocycles. The van der Waals surface area contributed by atoms with Crippen molar-refractivity contribution in [3.8, 4) is 0 Å². The summed E-state index contributed by atoms with van der Waals surface area (Å²) < 4.78 is 46.8. The summed E-state index contributed by atoms with van der Waals surface area (Å²) >= 11 is 0. The molecule has 0 aliphatic heterocycles.